The molecule has 4 heteroatoms. The monoisotopic (exact) mass is 260 g/mol. The fourth-order valence-electron chi connectivity index (χ4n) is 2.13. The van der Waals surface area contributed by atoms with Gasteiger partial charge in [0.1, 0.15) is 0 Å². The summed E-state index contributed by atoms with van der Waals surface area (Å²) in [6.45, 7) is 2.94. The van der Waals surface area contributed by atoms with E-state index in [-0.39, 0.29) is 0 Å². The second kappa shape index (κ2) is 5.80. The average Bonchev–Trinajstić information content (AvgIpc) is 2.80. The quantitative estimate of drug-likeness (QED) is 0.869. The Morgan fingerprint density at radius 3 is 2.47 bits per heavy atom. The van der Waals surface area contributed by atoms with Crippen LogP contribution in [-0.4, -0.2) is 26.3 Å². The molecule has 0 atom stereocenters. The standard InChI is InChI=1S/C15H20N2O2/c1-10-12(9-16-2)7-13(17-10)11-5-6-14(18-3)15(8-11)19-4/h5-8,16-17H,9H2,1-4H3. The molecule has 1 aromatic carbocycles. The summed E-state index contributed by atoms with van der Waals surface area (Å²) < 4.78 is 10.6. The number of benzene rings is 1. The van der Waals surface area contributed by atoms with Gasteiger partial charge in [-0.1, -0.05) is 0 Å². The second-order valence-electron chi connectivity index (χ2n) is 4.43. The van der Waals surface area contributed by atoms with Crippen LogP contribution in [0.5, 0.6) is 11.5 Å². The second-order valence-corrected chi connectivity index (χ2v) is 4.43. The third kappa shape index (κ3) is 2.74. The van der Waals surface area contributed by atoms with E-state index in [1.807, 2.05) is 25.2 Å². The van der Waals surface area contributed by atoms with Crippen LogP contribution in [0.1, 0.15) is 11.3 Å². The van der Waals surface area contributed by atoms with E-state index in [9.17, 15) is 0 Å². The Hall–Kier alpha value is -1.94. The topological polar surface area (TPSA) is 46.3 Å². The van der Waals surface area contributed by atoms with Gasteiger partial charge in [-0.2, -0.15) is 0 Å². The Labute approximate surface area is 113 Å². The van der Waals surface area contributed by atoms with Gasteiger partial charge in [0.05, 0.1) is 14.2 Å². The molecule has 0 amide bonds. The zero-order valence-electron chi connectivity index (χ0n) is 11.8. The molecule has 0 radical (unpaired) electrons. The normalized spacial score (nSPS) is 10.5. The summed E-state index contributed by atoms with van der Waals surface area (Å²) in [5.74, 6) is 1.48. The fraction of sp³-hybridized carbons (Fsp3) is 0.333. The first-order valence-electron chi connectivity index (χ1n) is 6.25. The number of aromatic nitrogens is 1. The van der Waals surface area contributed by atoms with E-state index >= 15 is 0 Å². The van der Waals surface area contributed by atoms with E-state index in [2.05, 4.69) is 23.3 Å². The molecule has 0 aliphatic rings. The van der Waals surface area contributed by atoms with Crippen molar-refractivity contribution >= 4 is 0 Å². The molecule has 0 unspecified atom stereocenters. The first-order valence-corrected chi connectivity index (χ1v) is 6.25. The van der Waals surface area contributed by atoms with Crippen molar-refractivity contribution in [2.24, 2.45) is 0 Å². The Bertz CT molecular complexity index is 561. The SMILES string of the molecule is CNCc1cc(-c2ccc(OC)c(OC)c2)[nH]c1C. The summed E-state index contributed by atoms with van der Waals surface area (Å²) >= 11 is 0. The molecule has 4 nitrogen and oxygen atoms in total. The van der Waals surface area contributed by atoms with Crippen molar-refractivity contribution in [1.29, 1.82) is 0 Å². The average molecular weight is 260 g/mol. The van der Waals surface area contributed by atoms with Crippen LogP contribution in [0.3, 0.4) is 0 Å². The molecule has 2 aromatic rings. The van der Waals surface area contributed by atoms with Crippen LogP contribution >= 0.6 is 0 Å². The molecule has 2 N–H and O–H groups in total. The number of hydrogen-bond acceptors (Lipinski definition) is 3. The van der Waals surface area contributed by atoms with Gasteiger partial charge in [0, 0.05) is 23.5 Å². The van der Waals surface area contributed by atoms with Gasteiger partial charge in [-0.15, -0.1) is 0 Å². The Morgan fingerprint density at radius 2 is 1.84 bits per heavy atom. The lowest BCUT2D eigenvalue weighted by Gasteiger charge is -2.08. The van der Waals surface area contributed by atoms with Crippen molar-refractivity contribution in [3.05, 3.63) is 35.5 Å². The minimum absolute atomic E-state index is 0.738. The Balaban J connectivity index is 2.38. The molecule has 0 saturated carbocycles. The molecule has 0 bridgehead atoms. The highest BCUT2D eigenvalue weighted by Crippen LogP contribution is 2.32. The predicted octanol–water partition coefficient (Wildman–Crippen LogP) is 2.73. The van der Waals surface area contributed by atoms with Crippen molar-refractivity contribution < 1.29 is 9.47 Å². The summed E-state index contributed by atoms with van der Waals surface area (Å²) in [6, 6.07) is 8.08. The van der Waals surface area contributed by atoms with Crippen LogP contribution in [0, 0.1) is 6.92 Å². The van der Waals surface area contributed by atoms with E-state index in [1.54, 1.807) is 14.2 Å². The Kier molecular flexibility index (Phi) is 4.12. The minimum atomic E-state index is 0.738. The number of methoxy groups -OCH3 is 2. The largest absolute Gasteiger partial charge is 0.493 e. The molecule has 0 fully saturated rings. The van der Waals surface area contributed by atoms with Crippen molar-refractivity contribution in [2.45, 2.75) is 13.5 Å². The summed E-state index contributed by atoms with van der Waals surface area (Å²) in [5.41, 5.74) is 4.62. The summed E-state index contributed by atoms with van der Waals surface area (Å²) in [7, 11) is 5.23. The third-order valence-electron chi connectivity index (χ3n) is 3.18. The van der Waals surface area contributed by atoms with E-state index in [0.717, 1.165) is 29.3 Å². The van der Waals surface area contributed by atoms with Gasteiger partial charge in [0.2, 0.25) is 0 Å². The first-order chi connectivity index (χ1) is 9.19. The fourth-order valence-corrected chi connectivity index (χ4v) is 2.13. The van der Waals surface area contributed by atoms with Crippen LogP contribution in [0.2, 0.25) is 0 Å². The molecule has 2 rings (SSSR count). The zero-order chi connectivity index (χ0) is 13.8. The van der Waals surface area contributed by atoms with E-state index in [0.29, 0.717) is 0 Å². The van der Waals surface area contributed by atoms with E-state index in [1.165, 1.54) is 11.3 Å². The van der Waals surface area contributed by atoms with Gasteiger partial charge in [-0.25, -0.2) is 0 Å². The van der Waals surface area contributed by atoms with Gasteiger partial charge in [-0.05, 0) is 43.8 Å². The maximum Gasteiger partial charge on any atom is 0.161 e. The van der Waals surface area contributed by atoms with Crippen LogP contribution in [0.4, 0.5) is 0 Å². The lowest BCUT2D eigenvalue weighted by molar-refractivity contribution is 0.355. The number of rotatable bonds is 5. The summed E-state index contributed by atoms with van der Waals surface area (Å²) in [4.78, 5) is 3.40. The highest BCUT2D eigenvalue weighted by atomic mass is 16.5. The van der Waals surface area contributed by atoms with Crippen molar-refractivity contribution in [3.63, 3.8) is 0 Å². The molecule has 19 heavy (non-hydrogen) atoms. The summed E-state index contributed by atoms with van der Waals surface area (Å²) in [6.07, 6.45) is 0. The van der Waals surface area contributed by atoms with Crippen LogP contribution in [0.25, 0.3) is 11.3 Å². The smallest absolute Gasteiger partial charge is 0.161 e. The molecule has 1 aromatic heterocycles. The molecular formula is C15H20N2O2. The third-order valence-corrected chi connectivity index (χ3v) is 3.18. The molecule has 102 valence electrons. The molecule has 1 heterocycles. The van der Waals surface area contributed by atoms with Gasteiger partial charge < -0.3 is 19.8 Å². The highest BCUT2D eigenvalue weighted by molar-refractivity contribution is 5.65. The zero-order valence-corrected chi connectivity index (χ0v) is 11.8. The van der Waals surface area contributed by atoms with Gasteiger partial charge >= 0.3 is 0 Å². The number of aryl methyl sites for hydroxylation is 1. The molecule has 0 saturated heterocycles. The van der Waals surface area contributed by atoms with Crippen molar-refractivity contribution in [1.82, 2.24) is 10.3 Å². The number of aromatic amines is 1. The summed E-state index contributed by atoms with van der Waals surface area (Å²) in [5, 5.41) is 3.17. The number of H-pyrrole nitrogens is 1. The maximum atomic E-state index is 5.33. The lowest BCUT2D eigenvalue weighted by Crippen LogP contribution is -2.04. The number of nitrogens with one attached hydrogen (secondary N) is 2. The van der Waals surface area contributed by atoms with Crippen molar-refractivity contribution in [2.75, 3.05) is 21.3 Å². The number of ether oxygens (including phenoxy) is 2. The maximum absolute atomic E-state index is 5.33. The number of hydrogen-bond donors (Lipinski definition) is 2. The predicted molar refractivity (Wildman–Crippen MR) is 76.8 cm³/mol. The Morgan fingerprint density at radius 1 is 1.11 bits per heavy atom. The lowest BCUT2D eigenvalue weighted by atomic mass is 10.1. The molecule has 0 aliphatic heterocycles. The van der Waals surface area contributed by atoms with Gasteiger partial charge in [-0.3, -0.25) is 0 Å². The van der Waals surface area contributed by atoms with E-state index < -0.39 is 0 Å². The molecule has 0 spiro atoms. The highest BCUT2D eigenvalue weighted by Gasteiger charge is 2.09. The van der Waals surface area contributed by atoms with Crippen LogP contribution < -0.4 is 14.8 Å². The minimum Gasteiger partial charge on any atom is -0.493 e. The van der Waals surface area contributed by atoms with Gasteiger partial charge in [0.15, 0.2) is 11.5 Å². The molecular weight excluding hydrogens is 240 g/mol. The molecule has 0 aliphatic carbocycles. The van der Waals surface area contributed by atoms with Crippen molar-refractivity contribution in [3.8, 4) is 22.8 Å². The van der Waals surface area contributed by atoms with Crippen LogP contribution in [-0.2, 0) is 6.54 Å². The van der Waals surface area contributed by atoms with Crippen LogP contribution in [0.15, 0.2) is 24.3 Å². The first kappa shape index (κ1) is 13.5. The van der Waals surface area contributed by atoms with E-state index in [4.69, 9.17) is 9.47 Å². The van der Waals surface area contributed by atoms with Gasteiger partial charge in [0.25, 0.3) is 0 Å².